The fourth-order valence-electron chi connectivity index (χ4n) is 2.03. The summed E-state index contributed by atoms with van der Waals surface area (Å²) in [5.41, 5.74) is 1.73. The van der Waals surface area contributed by atoms with Gasteiger partial charge in [0.15, 0.2) is 0 Å². The molecular weight excluding hydrogens is 246 g/mol. The van der Waals surface area contributed by atoms with Crippen LogP contribution in [0.1, 0.15) is 10.4 Å². The maximum absolute atomic E-state index is 11.6. The van der Waals surface area contributed by atoms with Gasteiger partial charge in [0.05, 0.1) is 17.4 Å². The molecule has 0 aliphatic rings. The third-order valence-corrected chi connectivity index (χ3v) is 2.91. The number of carbonyl (C=O) groups is 1. The summed E-state index contributed by atoms with van der Waals surface area (Å²) in [6, 6.07) is 6.85. The Balaban J connectivity index is 2.29. The van der Waals surface area contributed by atoms with Crippen molar-refractivity contribution >= 4 is 17.0 Å². The first-order valence-corrected chi connectivity index (χ1v) is 5.55. The van der Waals surface area contributed by atoms with Crippen LogP contribution in [0.2, 0.25) is 0 Å². The van der Waals surface area contributed by atoms with Crippen LogP contribution in [0.25, 0.3) is 22.2 Å². The van der Waals surface area contributed by atoms with Crippen molar-refractivity contribution in [2.24, 2.45) is 0 Å². The highest BCUT2D eigenvalue weighted by atomic mass is 16.4. The van der Waals surface area contributed by atoms with Gasteiger partial charge in [-0.1, -0.05) is 6.07 Å². The van der Waals surface area contributed by atoms with Gasteiger partial charge in [-0.25, -0.2) is 9.78 Å². The number of nitrogens with zero attached hydrogens (tertiary/aromatic N) is 1. The zero-order valence-electron chi connectivity index (χ0n) is 9.68. The largest absolute Gasteiger partial charge is 0.477 e. The zero-order valence-corrected chi connectivity index (χ0v) is 9.68. The average Bonchev–Trinajstić information content (AvgIpc) is 2.85. The van der Waals surface area contributed by atoms with Gasteiger partial charge in [0, 0.05) is 11.8 Å². The molecule has 6 nitrogen and oxygen atoms in total. The molecule has 3 N–H and O–H groups in total. The number of fused-ring (bicyclic) bond motifs is 1. The van der Waals surface area contributed by atoms with Crippen molar-refractivity contribution in [3.05, 3.63) is 52.7 Å². The Morgan fingerprint density at radius 1 is 1.21 bits per heavy atom. The third-order valence-electron chi connectivity index (χ3n) is 2.91. The molecule has 6 heteroatoms. The third kappa shape index (κ3) is 1.79. The predicted molar refractivity (Wildman–Crippen MR) is 69.1 cm³/mol. The fraction of sp³-hybridized carbons (Fsp3) is 0. The molecule has 0 spiro atoms. The molecule has 94 valence electrons. The number of aromatic carboxylic acids is 1. The number of imidazole rings is 1. The molecule has 19 heavy (non-hydrogen) atoms. The van der Waals surface area contributed by atoms with E-state index in [0.29, 0.717) is 11.1 Å². The number of hydrogen-bond acceptors (Lipinski definition) is 3. The minimum absolute atomic E-state index is 0.263. The number of aromatic nitrogens is 3. The van der Waals surface area contributed by atoms with E-state index >= 15 is 0 Å². The summed E-state index contributed by atoms with van der Waals surface area (Å²) >= 11 is 0. The maximum Gasteiger partial charge on any atom is 0.341 e. The number of hydrogen-bond donors (Lipinski definition) is 3. The predicted octanol–water partition coefficient (Wildman–Crippen LogP) is 1.62. The summed E-state index contributed by atoms with van der Waals surface area (Å²) in [5, 5.41) is 9.14. The lowest BCUT2D eigenvalue weighted by atomic mass is 10.0. The van der Waals surface area contributed by atoms with Gasteiger partial charge in [-0.2, -0.15) is 0 Å². The number of nitrogens with one attached hydrogen (secondary N) is 2. The standard InChI is InChI=1S/C13H9N3O3/c17-12-11(13(18)19)8(3-4-14-12)7-1-2-9-10(5-7)16-6-15-9/h1-6H,(H,14,17)(H,15,16)(H,18,19). The van der Waals surface area contributed by atoms with Crippen LogP contribution < -0.4 is 5.56 Å². The van der Waals surface area contributed by atoms with Gasteiger partial charge in [0.25, 0.3) is 5.56 Å². The first-order chi connectivity index (χ1) is 9.16. The van der Waals surface area contributed by atoms with Crippen molar-refractivity contribution in [3.8, 4) is 11.1 Å². The molecule has 2 aromatic heterocycles. The van der Waals surface area contributed by atoms with Crippen molar-refractivity contribution in [2.45, 2.75) is 0 Å². The van der Waals surface area contributed by atoms with Crippen molar-refractivity contribution < 1.29 is 9.90 Å². The molecule has 0 unspecified atom stereocenters. The molecule has 0 aliphatic heterocycles. The van der Waals surface area contributed by atoms with Crippen molar-refractivity contribution in [1.29, 1.82) is 0 Å². The van der Waals surface area contributed by atoms with Gasteiger partial charge >= 0.3 is 5.97 Å². The Morgan fingerprint density at radius 3 is 2.84 bits per heavy atom. The number of rotatable bonds is 2. The molecule has 0 bridgehead atoms. The minimum atomic E-state index is -1.25. The lowest BCUT2D eigenvalue weighted by molar-refractivity contribution is 0.0696. The zero-order chi connectivity index (χ0) is 13.4. The van der Waals surface area contributed by atoms with Crippen molar-refractivity contribution in [2.75, 3.05) is 0 Å². The normalized spacial score (nSPS) is 10.7. The van der Waals surface area contributed by atoms with E-state index in [2.05, 4.69) is 15.0 Å². The second-order valence-electron chi connectivity index (χ2n) is 4.04. The van der Waals surface area contributed by atoms with E-state index in [1.165, 1.54) is 6.20 Å². The summed E-state index contributed by atoms with van der Waals surface area (Å²) in [5.74, 6) is -1.25. The summed E-state index contributed by atoms with van der Waals surface area (Å²) in [7, 11) is 0. The number of aromatic amines is 2. The smallest absolute Gasteiger partial charge is 0.341 e. The molecule has 0 fully saturated rings. The second kappa shape index (κ2) is 4.09. The van der Waals surface area contributed by atoms with Gasteiger partial charge in [-0.15, -0.1) is 0 Å². The Kier molecular flexibility index (Phi) is 2.42. The number of benzene rings is 1. The highest BCUT2D eigenvalue weighted by molar-refractivity contribution is 5.96. The second-order valence-corrected chi connectivity index (χ2v) is 4.04. The monoisotopic (exact) mass is 255 g/mol. The fourth-order valence-corrected chi connectivity index (χ4v) is 2.03. The topological polar surface area (TPSA) is 98.8 Å². The molecule has 0 saturated heterocycles. The summed E-state index contributed by atoms with van der Waals surface area (Å²) in [4.78, 5) is 32.2. The molecule has 0 atom stereocenters. The Labute approximate surface area is 106 Å². The van der Waals surface area contributed by atoms with E-state index < -0.39 is 11.5 Å². The SMILES string of the molecule is O=C(O)c1c(-c2ccc3nc[nH]c3c2)cc[nH]c1=O. The van der Waals surface area contributed by atoms with Gasteiger partial charge in [-0.05, 0) is 23.8 Å². The summed E-state index contributed by atoms with van der Waals surface area (Å²) in [6.45, 7) is 0. The van der Waals surface area contributed by atoms with Crippen LogP contribution in [0.5, 0.6) is 0 Å². The van der Waals surface area contributed by atoms with E-state index in [0.717, 1.165) is 11.0 Å². The van der Waals surface area contributed by atoms with Crippen LogP contribution in [0.4, 0.5) is 0 Å². The van der Waals surface area contributed by atoms with E-state index in [4.69, 9.17) is 5.11 Å². The molecule has 0 amide bonds. The van der Waals surface area contributed by atoms with Crippen LogP contribution in [-0.2, 0) is 0 Å². The average molecular weight is 255 g/mol. The van der Waals surface area contributed by atoms with Crippen LogP contribution in [-0.4, -0.2) is 26.0 Å². The highest BCUT2D eigenvalue weighted by Gasteiger charge is 2.16. The van der Waals surface area contributed by atoms with Gasteiger partial charge in [-0.3, -0.25) is 4.79 Å². The molecule has 3 aromatic rings. The minimum Gasteiger partial charge on any atom is -0.477 e. The molecule has 0 saturated carbocycles. The van der Waals surface area contributed by atoms with E-state index in [1.54, 1.807) is 30.6 Å². The Bertz CT molecular complexity index is 832. The van der Waals surface area contributed by atoms with Crippen LogP contribution in [0.15, 0.2) is 41.6 Å². The quantitative estimate of drug-likeness (QED) is 0.647. The van der Waals surface area contributed by atoms with Gasteiger partial charge < -0.3 is 15.1 Å². The van der Waals surface area contributed by atoms with Gasteiger partial charge in [0.2, 0.25) is 0 Å². The highest BCUT2D eigenvalue weighted by Crippen LogP contribution is 2.24. The Hall–Kier alpha value is -2.89. The molecule has 2 heterocycles. The Morgan fingerprint density at radius 2 is 2.05 bits per heavy atom. The molecule has 0 aliphatic carbocycles. The summed E-state index contributed by atoms with van der Waals surface area (Å²) in [6.07, 6.45) is 2.99. The van der Waals surface area contributed by atoms with Crippen molar-refractivity contribution in [3.63, 3.8) is 0 Å². The van der Waals surface area contributed by atoms with E-state index in [9.17, 15) is 9.59 Å². The molecular formula is C13H9N3O3. The molecule has 1 aromatic carbocycles. The maximum atomic E-state index is 11.6. The van der Waals surface area contributed by atoms with Gasteiger partial charge in [0.1, 0.15) is 5.56 Å². The lowest BCUT2D eigenvalue weighted by Crippen LogP contribution is -2.18. The van der Waals surface area contributed by atoms with E-state index in [-0.39, 0.29) is 5.56 Å². The van der Waals surface area contributed by atoms with Crippen LogP contribution in [0, 0.1) is 0 Å². The lowest BCUT2D eigenvalue weighted by Gasteiger charge is -2.05. The number of carboxylic acids is 1. The molecule has 3 rings (SSSR count). The van der Waals surface area contributed by atoms with Crippen LogP contribution >= 0.6 is 0 Å². The number of H-pyrrole nitrogens is 2. The molecule has 0 radical (unpaired) electrons. The van der Waals surface area contributed by atoms with Crippen LogP contribution in [0.3, 0.4) is 0 Å². The summed E-state index contributed by atoms with van der Waals surface area (Å²) < 4.78 is 0. The first-order valence-electron chi connectivity index (χ1n) is 5.55. The van der Waals surface area contributed by atoms with E-state index in [1.807, 2.05) is 0 Å². The first kappa shape index (κ1) is 11.2. The number of pyridine rings is 1. The number of carboxylic acid groups (broad SMARTS) is 1. The van der Waals surface area contributed by atoms with Crippen molar-refractivity contribution in [1.82, 2.24) is 15.0 Å².